The SMILES string of the molecule is C[CH]CCCCCCCCCC(C)(C)C. The molecule has 0 heterocycles. The van der Waals surface area contributed by atoms with Gasteiger partial charge in [0.1, 0.15) is 0 Å². The standard InChI is InChI=1S/C15H31/c1-5-6-7-8-9-10-11-12-13-14-15(2,3)4/h5H,6-14H2,1-4H3. The smallest absolute Gasteiger partial charge is 0.0383 e. The lowest BCUT2D eigenvalue weighted by molar-refractivity contribution is 0.356. The fourth-order valence-electron chi connectivity index (χ4n) is 1.89. The highest BCUT2D eigenvalue weighted by Crippen LogP contribution is 2.22. The molecule has 1 radical (unpaired) electrons. The molecule has 15 heavy (non-hydrogen) atoms. The van der Waals surface area contributed by atoms with Gasteiger partial charge in [-0.15, -0.1) is 0 Å². The van der Waals surface area contributed by atoms with Gasteiger partial charge in [0.15, 0.2) is 0 Å². The predicted octanol–water partition coefficient (Wildman–Crippen LogP) is 5.77. The molecular weight excluding hydrogens is 180 g/mol. The van der Waals surface area contributed by atoms with E-state index in [-0.39, 0.29) is 0 Å². The molecule has 0 saturated heterocycles. The summed E-state index contributed by atoms with van der Waals surface area (Å²) >= 11 is 0. The Morgan fingerprint density at radius 1 is 0.733 bits per heavy atom. The average molecular weight is 211 g/mol. The monoisotopic (exact) mass is 211 g/mol. The Balaban J connectivity index is 2.99. The highest BCUT2D eigenvalue weighted by atomic mass is 14.1. The maximum absolute atomic E-state index is 2.34. The summed E-state index contributed by atoms with van der Waals surface area (Å²) in [5.41, 5.74) is 0.539. The topological polar surface area (TPSA) is 0 Å². The third kappa shape index (κ3) is 14.0. The van der Waals surface area contributed by atoms with Crippen LogP contribution in [0, 0.1) is 11.8 Å². The summed E-state index contributed by atoms with van der Waals surface area (Å²) in [4.78, 5) is 0. The molecule has 0 fully saturated rings. The van der Waals surface area contributed by atoms with Crippen LogP contribution in [0.5, 0.6) is 0 Å². The van der Waals surface area contributed by atoms with Crippen molar-refractivity contribution in [2.45, 2.75) is 85.5 Å². The van der Waals surface area contributed by atoms with Crippen LogP contribution in [0.3, 0.4) is 0 Å². The van der Waals surface area contributed by atoms with E-state index in [0.717, 1.165) is 0 Å². The first-order chi connectivity index (χ1) is 7.06. The lowest BCUT2D eigenvalue weighted by atomic mass is 9.89. The van der Waals surface area contributed by atoms with Gasteiger partial charge < -0.3 is 0 Å². The minimum Gasteiger partial charge on any atom is -0.0623 e. The maximum Gasteiger partial charge on any atom is -0.0383 e. The Hall–Kier alpha value is 0. The van der Waals surface area contributed by atoms with Crippen molar-refractivity contribution in [1.29, 1.82) is 0 Å². The molecular formula is C15H31. The second-order valence-electron chi connectivity index (χ2n) is 5.98. The molecule has 0 rings (SSSR count). The molecule has 0 saturated carbocycles. The van der Waals surface area contributed by atoms with Gasteiger partial charge in [-0.1, -0.05) is 79.1 Å². The summed E-state index contributed by atoms with van der Waals surface area (Å²) in [7, 11) is 0. The van der Waals surface area contributed by atoms with Crippen LogP contribution in [0.2, 0.25) is 0 Å². The fraction of sp³-hybridized carbons (Fsp3) is 0.933. The van der Waals surface area contributed by atoms with Gasteiger partial charge in [-0.3, -0.25) is 0 Å². The molecule has 0 N–H and O–H groups in total. The van der Waals surface area contributed by atoms with E-state index in [1.165, 1.54) is 57.8 Å². The highest BCUT2D eigenvalue weighted by Gasteiger charge is 2.08. The van der Waals surface area contributed by atoms with Crippen molar-refractivity contribution in [3.63, 3.8) is 0 Å². The zero-order chi connectivity index (χ0) is 11.6. The van der Waals surface area contributed by atoms with Crippen LogP contribution in [-0.2, 0) is 0 Å². The molecule has 91 valence electrons. The number of hydrogen-bond acceptors (Lipinski definition) is 0. The molecule has 0 aliphatic rings. The van der Waals surface area contributed by atoms with Gasteiger partial charge in [0.25, 0.3) is 0 Å². The third-order valence-electron chi connectivity index (χ3n) is 2.92. The van der Waals surface area contributed by atoms with Crippen LogP contribution in [0.1, 0.15) is 85.5 Å². The summed E-state index contributed by atoms with van der Waals surface area (Å²) in [6, 6.07) is 0. The van der Waals surface area contributed by atoms with Crippen LogP contribution in [0.25, 0.3) is 0 Å². The van der Waals surface area contributed by atoms with Gasteiger partial charge in [0.2, 0.25) is 0 Å². The van der Waals surface area contributed by atoms with E-state index in [1.54, 1.807) is 0 Å². The molecule has 0 unspecified atom stereocenters. The van der Waals surface area contributed by atoms with Crippen molar-refractivity contribution in [2.75, 3.05) is 0 Å². The molecule has 0 amide bonds. The Morgan fingerprint density at radius 2 is 1.20 bits per heavy atom. The maximum atomic E-state index is 2.34. The summed E-state index contributed by atoms with van der Waals surface area (Å²) in [6.45, 7) is 9.18. The Morgan fingerprint density at radius 3 is 1.67 bits per heavy atom. The van der Waals surface area contributed by atoms with Gasteiger partial charge in [-0.2, -0.15) is 0 Å². The third-order valence-corrected chi connectivity index (χ3v) is 2.92. The second kappa shape index (κ2) is 9.24. The van der Waals surface area contributed by atoms with E-state index in [1.807, 2.05) is 0 Å². The molecule has 0 heteroatoms. The zero-order valence-corrected chi connectivity index (χ0v) is 11.4. The van der Waals surface area contributed by atoms with Gasteiger partial charge in [-0.25, -0.2) is 0 Å². The van der Waals surface area contributed by atoms with Crippen LogP contribution < -0.4 is 0 Å². The number of unbranched alkanes of at least 4 members (excludes halogenated alkanes) is 8. The van der Waals surface area contributed by atoms with Crippen molar-refractivity contribution < 1.29 is 0 Å². The van der Waals surface area contributed by atoms with E-state index in [4.69, 9.17) is 0 Å². The van der Waals surface area contributed by atoms with Crippen molar-refractivity contribution >= 4 is 0 Å². The molecule has 0 aliphatic heterocycles. The lowest BCUT2D eigenvalue weighted by Gasteiger charge is -2.17. The zero-order valence-electron chi connectivity index (χ0n) is 11.4. The van der Waals surface area contributed by atoms with Gasteiger partial charge in [-0.05, 0) is 18.3 Å². The Labute approximate surface area is 97.8 Å². The average Bonchev–Trinajstić information content (AvgIpc) is 2.14. The van der Waals surface area contributed by atoms with E-state index in [9.17, 15) is 0 Å². The Bertz CT molecular complexity index is 118. The lowest BCUT2D eigenvalue weighted by Crippen LogP contribution is -2.03. The molecule has 0 nitrogen and oxygen atoms in total. The van der Waals surface area contributed by atoms with Gasteiger partial charge in [0, 0.05) is 0 Å². The molecule has 0 aromatic heterocycles. The predicted molar refractivity (Wildman–Crippen MR) is 71.0 cm³/mol. The summed E-state index contributed by atoms with van der Waals surface area (Å²) in [5, 5.41) is 0. The van der Waals surface area contributed by atoms with Crippen LogP contribution in [0.4, 0.5) is 0 Å². The van der Waals surface area contributed by atoms with E-state index in [2.05, 4.69) is 34.1 Å². The van der Waals surface area contributed by atoms with Crippen molar-refractivity contribution in [3.05, 3.63) is 6.42 Å². The van der Waals surface area contributed by atoms with E-state index >= 15 is 0 Å². The van der Waals surface area contributed by atoms with Crippen molar-refractivity contribution in [2.24, 2.45) is 5.41 Å². The summed E-state index contributed by atoms with van der Waals surface area (Å²) in [6.07, 6.45) is 15.0. The normalized spacial score (nSPS) is 12.0. The quantitative estimate of drug-likeness (QED) is 0.425. The van der Waals surface area contributed by atoms with Crippen molar-refractivity contribution in [3.8, 4) is 0 Å². The first-order valence-corrected chi connectivity index (χ1v) is 6.84. The molecule has 0 aliphatic carbocycles. The summed E-state index contributed by atoms with van der Waals surface area (Å²) < 4.78 is 0. The molecule has 0 bridgehead atoms. The molecule has 0 aromatic rings. The molecule has 0 aromatic carbocycles. The highest BCUT2D eigenvalue weighted by molar-refractivity contribution is 4.61. The van der Waals surface area contributed by atoms with Crippen LogP contribution >= 0.6 is 0 Å². The fourth-order valence-corrected chi connectivity index (χ4v) is 1.89. The number of hydrogen-bond donors (Lipinski definition) is 0. The number of rotatable bonds is 9. The second-order valence-corrected chi connectivity index (χ2v) is 5.98. The first kappa shape index (κ1) is 15.0. The van der Waals surface area contributed by atoms with Crippen LogP contribution in [0.15, 0.2) is 0 Å². The Kier molecular flexibility index (Phi) is 9.24. The van der Waals surface area contributed by atoms with Crippen LogP contribution in [-0.4, -0.2) is 0 Å². The largest absolute Gasteiger partial charge is 0.0623 e. The molecule has 0 spiro atoms. The molecule has 0 atom stereocenters. The van der Waals surface area contributed by atoms with E-state index in [0.29, 0.717) is 5.41 Å². The van der Waals surface area contributed by atoms with Crippen molar-refractivity contribution in [1.82, 2.24) is 0 Å². The van der Waals surface area contributed by atoms with E-state index < -0.39 is 0 Å². The summed E-state index contributed by atoms with van der Waals surface area (Å²) in [5.74, 6) is 0. The van der Waals surface area contributed by atoms with Gasteiger partial charge >= 0.3 is 0 Å². The first-order valence-electron chi connectivity index (χ1n) is 6.84. The van der Waals surface area contributed by atoms with Gasteiger partial charge in [0.05, 0.1) is 0 Å². The minimum atomic E-state index is 0.539. The minimum absolute atomic E-state index is 0.539.